The third kappa shape index (κ3) is 2.29. The smallest absolute Gasteiger partial charge is 0.388 e. The number of esters is 1. The molecule has 0 fully saturated rings. The van der Waals surface area contributed by atoms with Crippen LogP contribution in [-0.2, 0) is 4.79 Å². The second kappa shape index (κ2) is 4.34. The van der Waals surface area contributed by atoms with Crippen LogP contribution >= 0.6 is 0 Å². The van der Waals surface area contributed by atoms with Crippen LogP contribution < -0.4 is 4.74 Å². The van der Waals surface area contributed by atoms with Gasteiger partial charge in [0.05, 0.1) is 9.85 Å². The van der Waals surface area contributed by atoms with Gasteiger partial charge in [0, 0.05) is 13.0 Å². The van der Waals surface area contributed by atoms with Crippen molar-refractivity contribution in [2.75, 3.05) is 0 Å². The fourth-order valence-corrected chi connectivity index (χ4v) is 1.08. The first-order chi connectivity index (χ1) is 7.43. The summed E-state index contributed by atoms with van der Waals surface area (Å²) in [5.41, 5.74) is -1.55. The molecular weight excluding hydrogens is 220 g/mol. The molecule has 1 aromatic rings. The molecule has 0 N–H and O–H groups in total. The highest BCUT2D eigenvalue weighted by molar-refractivity contribution is 5.73. The van der Waals surface area contributed by atoms with Crippen molar-refractivity contribution in [2.45, 2.75) is 6.92 Å². The van der Waals surface area contributed by atoms with Gasteiger partial charge in [-0.2, -0.15) is 0 Å². The molecule has 8 nitrogen and oxygen atoms in total. The van der Waals surface area contributed by atoms with Gasteiger partial charge < -0.3 is 4.74 Å². The molecule has 0 radical (unpaired) electrons. The molecular formula is C8H6N2O6. The molecule has 0 spiro atoms. The number of nitro groups is 2. The average molecular weight is 226 g/mol. The van der Waals surface area contributed by atoms with Crippen molar-refractivity contribution in [3.05, 3.63) is 38.4 Å². The van der Waals surface area contributed by atoms with E-state index in [1.54, 1.807) is 0 Å². The maximum absolute atomic E-state index is 10.7. The van der Waals surface area contributed by atoms with Crippen LogP contribution in [0, 0.1) is 20.2 Å². The van der Waals surface area contributed by atoms with E-state index in [-0.39, 0.29) is 0 Å². The number of carbonyl (C=O) groups excluding carboxylic acids is 1. The summed E-state index contributed by atoms with van der Waals surface area (Å²) in [5.74, 6) is -1.23. The zero-order valence-electron chi connectivity index (χ0n) is 8.08. The van der Waals surface area contributed by atoms with E-state index < -0.39 is 32.9 Å². The number of para-hydroxylation sites is 1. The predicted octanol–water partition coefficient (Wildman–Crippen LogP) is 1.43. The van der Waals surface area contributed by atoms with Crippen LogP contribution in [0.3, 0.4) is 0 Å². The van der Waals surface area contributed by atoms with Gasteiger partial charge in [-0.05, 0) is 6.07 Å². The minimum atomic E-state index is -0.962. The molecule has 0 atom stereocenters. The first-order valence-corrected chi connectivity index (χ1v) is 4.03. The van der Waals surface area contributed by atoms with Crippen LogP contribution in [0.5, 0.6) is 5.75 Å². The van der Waals surface area contributed by atoms with Crippen LogP contribution in [-0.4, -0.2) is 15.8 Å². The van der Waals surface area contributed by atoms with Gasteiger partial charge >= 0.3 is 17.3 Å². The molecule has 0 aromatic heterocycles. The Kier molecular flexibility index (Phi) is 3.14. The molecule has 0 heterocycles. The Morgan fingerprint density at radius 1 is 1.25 bits per heavy atom. The van der Waals surface area contributed by atoms with Gasteiger partial charge in [0.2, 0.25) is 5.75 Å². The van der Waals surface area contributed by atoms with Crippen molar-refractivity contribution in [1.29, 1.82) is 0 Å². The first kappa shape index (κ1) is 11.6. The number of hydrogen-bond acceptors (Lipinski definition) is 6. The second-order valence-electron chi connectivity index (χ2n) is 2.73. The Morgan fingerprint density at radius 3 is 2.31 bits per heavy atom. The SMILES string of the molecule is CC(=O)Oc1cccc([N+](=O)[O-])c1[N+](=O)[O-]. The van der Waals surface area contributed by atoms with Crippen molar-refractivity contribution >= 4 is 17.3 Å². The molecule has 8 heteroatoms. The van der Waals surface area contributed by atoms with E-state index in [1.165, 1.54) is 6.07 Å². The third-order valence-corrected chi connectivity index (χ3v) is 1.61. The highest BCUT2D eigenvalue weighted by Crippen LogP contribution is 2.35. The Morgan fingerprint density at radius 2 is 1.88 bits per heavy atom. The van der Waals surface area contributed by atoms with E-state index in [4.69, 9.17) is 0 Å². The topological polar surface area (TPSA) is 113 Å². The molecule has 0 aliphatic rings. The number of carbonyl (C=O) groups is 1. The summed E-state index contributed by atoms with van der Waals surface area (Å²) < 4.78 is 4.51. The van der Waals surface area contributed by atoms with Crippen LogP contribution in [0.1, 0.15) is 6.92 Å². The fourth-order valence-electron chi connectivity index (χ4n) is 1.08. The fraction of sp³-hybridized carbons (Fsp3) is 0.125. The molecule has 1 aromatic carbocycles. The predicted molar refractivity (Wildman–Crippen MR) is 51.1 cm³/mol. The number of rotatable bonds is 3. The molecule has 0 saturated carbocycles. The van der Waals surface area contributed by atoms with Crippen molar-refractivity contribution in [2.24, 2.45) is 0 Å². The van der Waals surface area contributed by atoms with E-state index in [0.717, 1.165) is 19.1 Å². The third-order valence-electron chi connectivity index (χ3n) is 1.61. The van der Waals surface area contributed by atoms with Gasteiger partial charge in [-0.25, -0.2) is 0 Å². The van der Waals surface area contributed by atoms with E-state index in [2.05, 4.69) is 4.74 Å². The molecule has 84 valence electrons. The molecule has 1 rings (SSSR count). The molecule has 0 saturated heterocycles. The van der Waals surface area contributed by atoms with Crippen molar-refractivity contribution in [3.8, 4) is 5.75 Å². The summed E-state index contributed by atoms with van der Waals surface area (Å²) in [6.45, 7) is 1.04. The Balaban J connectivity index is 3.38. The van der Waals surface area contributed by atoms with Gasteiger partial charge in [-0.3, -0.25) is 25.0 Å². The summed E-state index contributed by atoms with van der Waals surface area (Å²) in [5, 5.41) is 21.2. The summed E-state index contributed by atoms with van der Waals surface area (Å²) in [6.07, 6.45) is 0. The number of nitrogens with zero attached hydrogens (tertiary/aromatic N) is 2. The van der Waals surface area contributed by atoms with Crippen LogP contribution in [0.4, 0.5) is 11.4 Å². The maximum Gasteiger partial charge on any atom is 0.388 e. The highest BCUT2D eigenvalue weighted by atomic mass is 16.6. The molecule has 16 heavy (non-hydrogen) atoms. The quantitative estimate of drug-likeness (QED) is 0.333. The summed E-state index contributed by atoms with van der Waals surface area (Å²) in [7, 11) is 0. The summed E-state index contributed by atoms with van der Waals surface area (Å²) in [4.78, 5) is 29.9. The lowest BCUT2D eigenvalue weighted by Crippen LogP contribution is -2.05. The number of nitro benzene ring substituents is 2. The second-order valence-corrected chi connectivity index (χ2v) is 2.73. The zero-order valence-corrected chi connectivity index (χ0v) is 8.08. The van der Waals surface area contributed by atoms with Gasteiger partial charge in [-0.1, -0.05) is 6.07 Å². The van der Waals surface area contributed by atoms with E-state index in [1.807, 2.05) is 0 Å². The number of ether oxygens (including phenoxy) is 1. The monoisotopic (exact) mass is 226 g/mol. The largest absolute Gasteiger partial charge is 0.419 e. The molecule has 0 aliphatic heterocycles. The first-order valence-electron chi connectivity index (χ1n) is 4.03. The summed E-state index contributed by atoms with van der Waals surface area (Å²) >= 11 is 0. The molecule has 0 bridgehead atoms. The standard InChI is InChI=1S/C8H6N2O6/c1-5(11)16-7-4-2-3-6(9(12)13)8(7)10(14)15/h2-4H,1H3. The number of benzene rings is 1. The van der Waals surface area contributed by atoms with Gasteiger partial charge in [-0.15, -0.1) is 0 Å². The van der Waals surface area contributed by atoms with E-state index in [0.29, 0.717) is 0 Å². The van der Waals surface area contributed by atoms with Crippen LogP contribution in [0.2, 0.25) is 0 Å². The average Bonchev–Trinajstić information content (AvgIpc) is 2.15. The zero-order chi connectivity index (χ0) is 12.3. The Bertz CT molecular complexity index is 470. The Hall–Kier alpha value is -2.51. The minimum Gasteiger partial charge on any atom is -0.419 e. The summed E-state index contributed by atoms with van der Waals surface area (Å²) in [6, 6.07) is 3.28. The van der Waals surface area contributed by atoms with Gasteiger partial charge in [0.1, 0.15) is 0 Å². The van der Waals surface area contributed by atoms with Crippen LogP contribution in [0.25, 0.3) is 0 Å². The van der Waals surface area contributed by atoms with Gasteiger partial charge in [0.25, 0.3) is 0 Å². The minimum absolute atomic E-state index is 0.438. The number of hydrogen-bond donors (Lipinski definition) is 0. The lowest BCUT2D eigenvalue weighted by molar-refractivity contribution is -0.423. The van der Waals surface area contributed by atoms with Gasteiger partial charge in [0.15, 0.2) is 0 Å². The lowest BCUT2D eigenvalue weighted by atomic mass is 10.2. The van der Waals surface area contributed by atoms with Crippen LogP contribution in [0.15, 0.2) is 18.2 Å². The van der Waals surface area contributed by atoms with Crippen molar-refractivity contribution in [3.63, 3.8) is 0 Å². The van der Waals surface area contributed by atoms with Crippen molar-refractivity contribution in [1.82, 2.24) is 0 Å². The van der Waals surface area contributed by atoms with E-state index >= 15 is 0 Å². The molecule has 0 amide bonds. The highest BCUT2D eigenvalue weighted by Gasteiger charge is 2.29. The molecule has 0 aliphatic carbocycles. The van der Waals surface area contributed by atoms with E-state index in [9.17, 15) is 25.0 Å². The lowest BCUT2D eigenvalue weighted by Gasteiger charge is -2.01. The normalized spacial score (nSPS) is 9.56. The maximum atomic E-state index is 10.7. The molecule has 0 unspecified atom stereocenters. The van der Waals surface area contributed by atoms with Crippen molar-refractivity contribution < 1.29 is 19.4 Å². The Labute approximate surface area is 88.7 Å².